The van der Waals surface area contributed by atoms with Gasteiger partial charge in [0, 0.05) is 19.2 Å². The van der Waals surface area contributed by atoms with Crippen LogP contribution in [0.5, 0.6) is 0 Å². The van der Waals surface area contributed by atoms with E-state index in [-0.39, 0.29) is 18.6 Å². The normalized spacial score (nSPS) is 18.3. The molecular formula is C9H18N2O2. The van der Waals surface area contributed by atoms with Crippen LogP contribution in [0.4, 0.5) is 0 Å². The molecule has 0 heterocycles. The number of amides is 1. The molecule has 76 valence electrons. The second kappa shape index (κ2) is 5.19. The van der Waals surface area contributed by atoms with Gasteiger partial charge in [0.1, 0.15) is 6.61 Å². The number of nitrogens with one attached hydrogen (secondary N) is 1. The number of carbonyl (C=O) groups excluding carboxylic acids is 1. The molecule has 3 N–H and O–H groups in total. The molecule has 0 aromatic rings. The van der Waals surface area contributed by atoms with Gasteiger partial charge >= 0.3 is 0 Å². The maximum Gasteiger partial charge on any atom is 0.246 e. The van der Waals surface area contributed by atoms with Gasteiger partial charge in [-0.25, -0.2) is 0 Å². The molecule has 0 radical (unpaired) electrons. The van der Waals surface area contributed by atoms with Gasteiger partial charge in [0.2, 0.25) is 5.91 Å². The molecule has 1 rings (SSSR count). The van der Waals surface area contributed by atoms with Gasteiger partial charge < -0.3 is 15.8 Å². The van der Waals surface area contributed by atoms with Crippen LogP contribution in [-0.2, 0) is 9.53 Å². The first-order valence-corrected chi connectivity index (χ1v) is 4.85. The van der Waals surface area contributed by atoms with Crippen LogP contribution in [0.1, 0.15) is 19.8 Å². The molecule has 0 aromatic carbocycles. The lowest BCUT2D eigenvalue weighted by atomic mass is 10.2. The zero-order chi connectivity index (χ0) is 9.68. The van der Waals surface area contributed by atoms with Crippen molar-refractivity contribution in [2.75, 3.05) is 19.8 Å². The van der Waals surface area contributed by atoms with E-state index in [0.717, 1.165) is 0 Å². The summed E-state index contributed by atoms with van der Waals surface area (Å²) in [5.74, 6) is 0.555. The third-order valence-corrected chi connectivity index (χ3v) is 2.23. The largest absolute Gasteiger partial charge is 0.372 e. The highest BCUT2D eigenvalue weighted by molar-refractivity contribution is 5.77. The van der Waals surface area contributed by atoms with Gasteiger partial charge in [0.25, 0.3) is 0 Å². The number of rotatable bonds is 6. The topological polar surface area (TPSA) is 64.3 Å². The molecule has 0 saturated heterocycles. The van der Waals surface area contributed by atoms with Crippen LogP contribution in [0.15, 0.2) is 0 Å². The monoisotopic (exact) mass is 186 g/mol. The molecule has 1 aliphatic carbocycles. The Morgan fingerprint density at radius 3 is 2.85 bits per heavy atom. The highest BCUT2D eigenvalue weighted by Gasteiger charge is 2.30. The summed E-state index contributed by atoms with van der Waals surface area (Å²) in [6.45, 7) is 3.13. The summed E-state index contributed by atoms with van der Waals surface area (Å²) in [6.07, 6.45) is 2.38. The maximum atomic E-state index is 11.2. The highest BCUT2D eigenvalue weighted by Crippen LogP contribution is 2.32. The van der Waals surface area contributed by atoms with E-state index in [9.17, 15) is 4.79 Å². The van der Waals surface area contributed by atoms with Gasteiger partial charge in [0.05, 0.1) is 0 Å². The highest BCUT2D eigenvalue weighted by atomic mass is 16.5. The summed E-state index contributed by atoms with van der Waals surface area (Å²) in [4.78, 5) is 11.2. The quantitative estimate of drug-likeness (QED) is 0.607. The second-order valence-corrected chi connectivity index (χ2v) is 3.38. The Balaban J connectivity index is 2.16. The molecule has 0 aromatic heterocycles. The number of carbonyl (C=O) groups is 1. The van der Waals surface area contributed by atoms with E-state index in [1.54, 1.807) is 0 Å². The van der Waals surface area contributed by atoms with Crippen molar-refractivity contribution in [3.8, 4) is 0 Å². The Hall–Kier alpha value is -0.610. The average Bonchev–Trinajstić information content (AvgIpc) is 2.94. The molecule has 1 unspecified atom stereocenters. The lowest BCUT2D eigenvalue weighted by molar-refractivity contribution is -0.126. The second-order valence-electron chi connectivity index (χ2n) is 3.38. The summed E-state index contributed by atoms with van der Waals surface area (Å²) in [5, 5.41) is 2.87. The number of nitrogens with two attached hydrogens (primary N) is 1. The number of hydrogen-bond acceptors (Lipinski definition) is 3. The molecule has 1 atom stereocenters. The third kappa shape index (κ3) is 3.74. The molecule has 1 fully saturated rings. The first-order valence-electron chi connectivity index (χ1n) is 4.85. The van der Waals surface area contributed by atoms with Gasteiger partial charge in [-0.15, -0.1) is 0 Å². The number of ether oxygens (including phenoxy) is 1. The van der Waals surface area contributed by atoms with Crippen molar-refractivity contribution >= 4 is 5.91 Å². The van der Waals surface area contributed by atoms with Gasteiger partial charge in [-0.1, -0.05) is 0 Å². The molecule has 1 aliphatic rings. The van der Waals surface area contributed by atoms with E-state index >= 15 is 0 Å². The standard InChI is InChI=1S/C9H18N2O2/c1-2-13-6-9(12)11-8(5-10)7-3-4-7/h7-8H,2-6,10H2,1H3,(H,11,12). The zero-order valence-electron chi connectivity index (χ0n) is 8.08. The zero-order valence-corrected chi connectivity index (χ0v) is 8.08. The summed E-state index contributed by atoms with van der Waals surface area (Å²) >= 11 is 0. The fourth-order valence-corrected chi connectivity index (χ4v) is 1.31. The van der Waals surface area contributed by atoms with Gasteiger partial charge in [-0.2, -0.15) is 0 Å². The van der Waals surface area contributed by atoms with Crippen molar-refractivity contribution in [1.82, 2.24) is 5.32 Å². The van der Waals surface area contributed by atoms with Crippen LogP contribution in [0, 0.1) is 5.92 Å². The van der Waals surface area contributed by atoms with Crippen molar-refractivity contribution < 1.29 is 9.53 Å². The van der Waals surface area contributed by atoms with Crippen molar-refractivity contribution in [3.63, 3.8) is 0 Å². The summed E-state index contributed by atoms with van der Waals surface area (Å²) in [5.41, 5.74) is 5.54. The molecule has 0 aliphatic heterocycles. The van der Waals surface area contributed by atoms with E-state index in [1.165, 1.54) is 12.8 Å². The van der Waals surface area contributed by atoms with E-state index in [0.29, 0.717) is 19.1 Å². The summed E-state index contributed by atoms with van der Waals surface area (Å²) in [6, 6.07) is 0.160. The summed E-state index contributed by atoms with van der Waals surface area (Å²) < 4.78 is 4.99. The minimum absolute atomic E-state index is 0.0517. The fraction of sp³-hybridized carbons (Fsp3) is 0.889. The Morgan fingerprint density at radius 2 is 2.38 bits per heavy atom. The first-order chi connectivity index (χ1) is 6.27. The van der Waals surface area contributed by atoms with Crippen LogP contribution >= 0.6 is 0 Å². The van der Waals surface area contributed by atoms with Crippen molar-refractivity contribution in [3.05, 3.63) is 0 Å². The Labute approximate surface area is 78.8 Å². The lowest BCUT2D eigenvalue weighted by Crippen LogP contribution is -2.43. The van der Waals surface area contributed by atoms with Crippen LogP contribution in [0.3, 0.4) is 0 Å². The molecule has 4 heteroatoms. The number of hydrogen-bond donors (Lipinski definition) is 2. The average molecular weight is 186 g/mol. The predicted octanol–water partition coefficient (Wildman–Crippen LogP) is -0.124. The smallest absolute Gasteiger partial charge is 0.246 e. The van der Waals surface area contributed by atoms with Crippen molar-refractivity contribution in [2.24, 2.45) is 11.7 Å². The minimum Gasteiger partial charge on any atom is -0.372 e. The van der Waals surface area contributed by atoms with Crippen LogP contribution in [0.25, 0.3) is 0 Å². The van der Waals surface area contributed by atoms with Crippen LogP contribution < -0.4 is 11.1 Å². The lowest BCUT2D eigenvalue weighted by Gasteiger charge is -2.15. The summed E-state index contributed by atoms with van der Waals surface area (Å²) in [7, 11) is 0. The first kappa shape index (κ1) is 10.5. The third-order valence-electron chi connectivity index (χ3n) is 2.23. The molecule has 4 nitrogen and oxygen atoms in total. The fourth-order valence-electron chi connectivity index (χ4n) is 1.31. The molecule has 1 amide bonds. The van der Waals surface area contributed by atoms with Crippen LogP contribution in [0.2, 0.25) is 0 Å². The minimum atomic E-state index is -0.0517. The van der Waals surface area contributed by atoms with Gasteiger partial charge in [-0.05, 0) is 25.7 Å². The van der Waals surface area contributed by atoms with Gasteiger partial charge in [0.15, 0.2) is 0 Å². The van der Waals surface area contributed by atoms with Crippen LogP contribution in [-0.4, -0.2) is 31.7 Å². The van der Waals surface area contributed by atoms with Gasteiger partial charge in [-0.3, -0.25) is 4.79 Å². The SMILES string of the molecule is CCOCC(=O)NC(CN)C1CC1. The Kier molecular flexibility index (Phi) is 4.18. The molecular weight excluding hydrogens is 168 g/mol. The molecule has 0 bridgehead atoms. The van der Waals surface area contributed by atoms with E-state index in [2.05, 4.69) is 5.32 Å². The Bertz CT molecular complexity index is 169. The van der Waals surface area contributed by atoms with Crippen molar-refractivity contribution in [2.45, 2.75) is 25.8 Å². The molecule has 0 spiro atoms. The molecule has 1 saturated carbocycles. The molecule has 13 heavy (non-hydrogen) atoms. The Morgan fingerprint density at radius 1 is 1.69 bits per heavy atom. The van der Waals surface area contributed by atoms with E-state index < -0.39 is 0 Å². The van der Waals surface area contributed by atoms with E-state index in [4.69, 9.17) is 10.5 Å². The van der Waals surface area contributed by atoms with Crippen molar-refractivity contribution in [1.29, 1.82) is 0 Å². The maximum absolute atomic E-state index is 11.2. The van der Waals surface area contributed by atoms with E-state index in [1.807, 2.05) is 6.92 Å². The predicted molar refractivity (Wildman–Crippen MR) is 50.2 cm³/mol.